The second-order valence-corrected chi connectivity index (χ2v) is 5.04. The fraction of sp³-hybridized carbons (Fsp3) is 0.556. The molecule has 0 aromatic heterocycles. The SMILES string of the molecule is C=CCC(NS(=O)(=O)NC(=O)OC(C)C)C(=O)O. The van der Waals surface area contributed by atoms with E-state index in [1.807, 2.05) is 0 Å². The summed E-state index contributed by atoms with van der Waals surface area (Å²) < 4.78 is 30.7. The molecule has 0 bridgehead atoms. The highest BCUT2D eigenvalue weighted by molar-refractivity contribution is 7.88. The first kappa shape index (κ1) is 16.4. The van der Waals surface area contributed by atoms with Crippen LogP contribution in [0.4, 0.5) is 4.79 Å². The van der Waals surface area contributed by atoms with Gasteiger partial charge < -0.3 is 9.84 Å². The highest BCUT2D eigenvalue weighted by Crippen LogP contribution is 1.96. The molecule has 0 aliphatic carbocycles. The summed E-state index contributed by atoms with van der Waals surface area (Å²) in [6.45, 7) is 6.38. The molecule has 104 valence electrons. The summed E-state index contributed by atoms with van der Waals surface area (Å²) >= 11 is 0. The van der Waals surface area contributed by atoms with Gasteiger partial charge in [-0.1, -0.05) is 6.08 Å². The number of ether oxygens (including phenoxy) is 1. The molecular formula is C9H16N2O6S. The first-order valence-electron chi connectivity index (χ1n) is 5.02. The molecule has 9 heteroatoms. The van der Waals surface area contributed by atoms with Crippen molar-refractivity contribution in [1.82, 2.24) is 9.44 Å². The molecule has 0 aromatic carbocycles. The van der Waals surface area contributed by atoms with E-state index < -0.39 is 34.4 Å². The van der Waals surface area contributed by atoms with Gasteiger partial charge in [-0.05, 0) is 20.3 Å². The summed E-state index contributed by atoms with van der Waals surface area (Å²) in [4.78, 5) is 21.8. The Morgan fingerprint density at radius 3 is 2.39 bits per heavy atom. The third kappa shape index (κ3) is 6.86. The molecule has 0 rings (SSSR count). The topological polar surface area (TPSA) is 122 Å². The molecule has 0 aliphatic rings. The number of carboxylic acid groups (broad SMARTS) is 1. The Labute approximate surface area is 105 Å². The van der Waals surface area contributed by atoms with Gasteiger partial charge in [0.15, 0.2) is 0 Å². The number of carboxylic acids is 1. The molecule has 0 spiro atoms. The minimum absolute atomic E-state index is 0.116. The van der Waals surface area contributed by atoms with Crippen LogP contribution in [0.3, 0.4) is 0 Å². The Hall–Kier alpha value is -1.61. The van der Waals surface area contributed by atoms with Crippen molar-refractivity contribution in [3.8, 4) is 0 Å². The lowest BCUT2D eigenvalue weighted by Gasteiger charge is -2.14. The average Bonchev–Trinajstić information content (AvgIpc) is 2.13. The molecule has 0 heterocycles. The Kier molecular flexibility index (Phi) is 6.34. The number of amides is 1. The van der Waals surface area contributed by atoms with Crippen LogP contribution in [0.25, 0.3) is 0 Å². The zero-order valence-electron chi connectivity index (χ0n) is 10.0. The van der Waals surface area contributed by atoms with Crippen LogP contribution in [0.1, 0.15) is 20.3 Å². The van der Waals surface area contributed by atoms with Gasteiger partial charge in [0.2, 0.25) is 0 Å². The van der Waals surface area contributed by atoms with Crippen LogP contribution in [0.15, 0.2) is 12.7 Å². The van der Waals surface area contributed by atoms with Crippen LogP contribution in [0.5, 0.6) is 0 Å². The highest BCUT2D eigenvalue weighted by Gasteiger charge is 2.24. The van der Waals surface area contributed by atoms with E-state index in [2.05, 4.69) is 11.3 Å². The lowest BCUT2D eigenvalue weighted by molar-refractivity contribution is -0.138. The summed E-state index contributed by atoms with van der Waals surface area (Å²) in [5, 5.41) is 8.73. The molecule has 8 nitrogen and oxygen atoms in total. The van der Waals surface area contributed by atoms with E-state index in [4.69, 9.17) is 5.11 Å². The van der Waals surface area contributed by atoms with Gasteiger partial charge in [-0.25, -0.2) is 9.52 Å². The van der Waals surface area contributed by atoms with Crippen LogP contribution in [-0.4, -0.2) is 37.7 Å². The average molecular weight is 280 g/mol. The quantitative estimate of drug-likeness (QED) is 0.564. The van der Waals surface area contributed by atoms with Crippen molar-refractivity contribution in [3.05, 3.63) is 12.7 Å². The van der Waals surface area contributed by atoms with Crippen molar-refractivity contribution in [2.24, 2.45) is 0 Å². The van der Waals surface area contributed by atoms with Gasteiger partial charge in [0, 0.05) is 0 Å². The fourth-order valence-electron chi connectivity index (χ4n) is 0.931. The standard InChI is InChI=1S/C9H16N2O6S/c1-4-5-7(8(12)13)10-18(15,16)11-9(14)17-6(2)3/h4,6-7,10H,1,5H2,2-3H3,(H,11,14)(H,12,13). The van der Waals surface area contributed by atoms with Gasteiger partial charge in [0.1, 0.15) is 6.04 Å². The van der Waals surface area contributed by atoms with E-state index in [1.54, 1.807) is 4.72 Å². The summed E-state index contributed by atoms with van der Waals surface area (Å²) in [6, 6.07) is -1.40. The van der Waals surface area contributed by atoms with Crippen LogP contribution in [0, 0.1) is 0 Å². The zero-order chi connectivity index (χ0) is 14.3. The zero-order valence-corrected chi connectivity index (χ0v) is 10.9. The number of hydrogen-bond donors (Lipinski definition) is 3. The third-order valence-electron chi connectivity index (χ3n) is 1.56. The predicted molar refractivity (Wildman–Crippen MR) is 63.0 cm³/mol. The van der Waals surface area contributed by atoms with Crippen LogP contribution < -0.4 is 9.44 Å². The number of rotatable bonds is 7. The van der Waals surface area contributed by atoms with Gasteiger partial charge in [-0.2, -0.15) is 13.1 Å². The van der Waals surface area contributed by atoms with E-state index in [-0.39, 0.29) is 6.42 Å². The molecule has 0 saturated carbocycles. The molecule has 1 atom stereocenters. The van der Waals surface area contributed by atoms with Crippen molar-refractivity contribution < 1.29 is 27.9 Å². The Balaban J connectivity index is 4.59. The first-order chi connectivity index (χ1) is 8.18. The van der Waals surface area contributed by atoms with Crippen molar-refractivity contribution in [1.29, 1.82) is 0 Å². The van der Waals surface area contributed by atoms with Crippen molar-refractivity contribution in [2.75, 3.05) is 0 Å². The second kappa shape index (κ2) is 6.97. The number of hydrogen-bond acceptors (Lipinski definition) is 5. The van der Waals surface area contributed by atoms with Gasteiger partial charge in [0.05, 0.1) is 6.10 Å². The van der Waals surface area contributed by atoms with Gasteiger partial charge in [-0.15, -0.1) is 6.58 Å². The van der Waals surface area contributed by atoms with Gasteiger partial charge in [-0.3, -0.25) is 4.79 Å². The smallest absolute Gasteiger partial charge is 0.422 e. The Morgan fingerprint density at radius 1 is 1.44 bits per heavy atom. The highest BCUT2D eigenvalue weighted by atomic mass is 32.2. The summed E-state index contributed by atoms with van der Waals surface area (Å²) in [6.07, 6.45) is -0.549. The Bertz CT molecular complexity index is 417. The van der Waals surface area contributed by atoms with Crippen molar-refractivity contribution in [3.63, 3.8) is 0 Å². The Morgan fingerprint density at radius 2 is 2.00 bits per heavy atom. The minimum atomic E-state index is -4.30. The van der Waals surface area contributed by atoms with Crippen molar-refractivity contribution in [2.45, 2.75) is 32.4 Å². The molecule has 0 saturated heterocycles. The van der Waals surface area contributed by atoms with E-state index in [9.17, 15) is 18.0 Å². The second-order valence-electron chi connectivity index (χ2n) is 3.59. The maximum absolute atomic E-state index is 11.4. The van der Waals surface area contributed by atoms with E-state index in [0.29, 0.717) is 0 Å². The largest absolute Gasteiger partial charge is 0.480 e. The number of carbonyl (C=O) groups excluding carboxylic acids is 1. The van der Waals surface area contributed by atoms with E-state index in [1.165, 1.54) is 24.6 Å². The molecule has 0 radical (unpaired) electrons. The lowest BCUT2D eigenvalue weighted by atomic mass is 10.2. The molecule has 0 aromatic rings. The molecule has 18 heavy (non-hydrogen) atoms. The van der Waals surface area contributed by atoms with Crippen LogP contribution in [-0.2, 0) is 19.7 Å². The monoisotopic (exact) mass is 280 g/mol. The molecule has 3 N–H and O–H groups in total. The minimum Gasteiger partial charge on any atom is -0.480 e. The van der Waals surface area contributed by atoms with E-state index >= 15 is 0 Å². The molecule has 1 amide bonds. The fourth-order valence-corrected chi connectivity index (χ4v) is 1.83. The van der Waals surface area contributed by atoms with Crippen LogP contribution >= 0.6 is 0 Å². The third-order valence-corrected chi connectivity index (χ3v) is 2.59. The number of aliphatic carboxylic acids is 1. The molecule has 1 unspecified atom stereocenters. The predicted octanol–water partition coefficient (Wildman–Crippen LogP) is -0.0153. The lowest BCUT2D eigenvalue weighted by Crippen LogP contribution is -2.48. The molecular weight excluding hydrogens is 264 g/mol. The van der Waals surface area contributed by atoms with Crippen LogP contribution in [0.2, 0.25) is 0 Å². The summed E-state index contributed by atoms with van der Waals surface area (Å²) in [5.74, 6) is -1.38. The van der Waals surface area contributed by atoms with Gasteiger partial charge >= 0.3 is 22.3 Å². The first-order valence-corrected chi connectivity index (χ1v) is 6.50. The van der Waals surface area contributed by atoms with E-state index in [0.717, 1.165) is 0 Å². The maximum atomic E-state index is 11.4. The summed E-state index contributed by atoms with van der Waals surface area (Å²) in [5.41, 5.74) is 0. The number of carbonyl (C=O) groups is 2. The normalized spacial score (nSPS) is 12.8. The molecule has 0 aliphatic heterocycles. The molecule has 0 fully saturated rings. The maximum Gasteiger partial charge on any atom is 0.422 e. The van der Waals surface area contributed by atoms with Crippen molar-refractivity contribution >= 4 is 22.3 Å². The number of nitrogens with one attached hydrogen (secondary N) is 2. The summed E-state index contributed by atoms with van der Waals surface area (Å²) in [7, 11) is -4.30. The van der Waals surface area contributed by atoms with Gasteiger partial charge in [0.25, 0.3) is 0 Å².